The average Bonchev–Trinajstić information content (AvgIpc) is 3.09. The molecule has 0 amide bonds. The van der Waals surface area contributed by atoms with Crippen LogP contribution in [0, 0.1) is 5.82 Å². The lowest BCUT2D eigenvalue weighted by Crippen LogP contribution is -2.39. The smallest absolute Gasteiger partial charge is 0.191 e. The van der Waals surface area contributed by atoms with Gasteiger partial charge in [0.2, 0.25) is 0 Å². The molecule has 2 heterocycles. The van der Waals surface area contributed by atoms with Crippen LogP contribution in [0.4, 0.5) is 4.39 Å². The van der Waals surface area contributed by atoms with E-state index < -0.39 is 6.10 Å². The van der Waals surface area contributed by atoms with Gasteiger partial charge in [0.25, 0.3) is 0 Å². The van der Waals surface area contributed by atoms with E-state index in [-0.39, 0.29) is 42.0 Å². The van der Waals surface area contributed by atoms with Crippen molar-refractivity contribution in [2.75, 3.05) is 13.1 Å². The van der Waals surface area contributed by atoms with Crippen LogP contribution in [0.1, 0.15) is 23.6 Å². The maximum absolute atomic E-state index is 13.7. The number of aliphatic hydroxyl groups excluding tert-OH is 1. The fraction of sp³-hybridized carbons (Fsp3) is 0.263. The van der Waals surface area contributed by atoms with E-state index in [0.29, 0.717) is 19.0 Å². The van der Waals surface area contributed by atoms with Crippen LogP contribution in [-0.2, 0) is 6.54 Å². The Balaban J connectivity index is 0.00000261. The summed E-state index contributed by atoms with van der Waals surface area (Å²) in [6, 6.07) is 12.9. The molecule has 0 saturated carbocycles. The minimum atomic E-state index is -0.650. The highest BCUT2D eigenvalue weighted by Gasteiger charge is 2.12. The van der Waals surface area contributed by atoms with E-state index >= 15 is 0 Å². The Labute approximate surface area is 178 Å². The monoisotopic (exact) mass is 500 g/mol. The van der Waals surface area contributed by atoms with E-state index in [1.165, 1.54) is 6.07 Å². The highest BCUT2D eigenvalue weighted by atomic mass is 127. The van der Waals surface area contributed by atoms with Crippen molar-refractivity contribution in [3.8, 4) is 0 Å². The Hall–Kier alpha value is -1.78. The van der Waals surface area contributed by atoms with Crippen molar-refractivity contribution in [3.63, 3.8) is 0 Å². The maximum Gasteiger partial charge on any atom is 0.191 e. The van der Waals surface area contributed by atoms with Gasteiger partial charge >= 0.3 is 0 Å². The number of halogens is 2. The summed E-state index contributed by atoms with van der Waals surface area (Å²) in [6.45, 7) is 3.04. The second-order valence-electron chi connectivity index (χ2n) is 5.71. The van der Waals surface area contributed by atoms with Crippen LogP contribution < -0.4 is 10.6 Å². The van der Waals surface area contributed by atoms with Crippen LogP contribution >= 0.6 is 35.3 Å². The van der Waals surface area contributed by atoms with Crippen molar-refractivity contribution >= 4 is 51.4 Å². The third kappa shape index (κ3) is 5.85. The summed E-state index contributed by atoms with van der Waals surface area (Å²) in [7, 11) is 0. The van der Waals surface area contributed by atoms with E-state index in [0.717, 1.165) is 15.0 Å². The zero-order chi connectivity index (χ0) is 18.4. The van der Waals surface area contributed by atoms with Crippen LogP contribution in [0.2, 0.25) is 0 Å². The van der Waals surface area contributed by atoms with Gasteiger partial charge in [-0.1, -0.05) is 18.2 Å². The van der Waals surface area contributed by atoms with Gasteiger partial charge in [-0.25, -0.2) is 9.38 Å². The third-order valence-corrected chi connectivity index (χ3v) is 5.02. The fourth-order valence-electron chi connectivity index (χ4n) is 2.49. The van der Waals surface area contributed by atoms with Crippen LogP contribution in [-0.4, -0.2) is 29.1 Å². The Kier molecular flexibility index (Phi) is 8.39. The van der Waals surface area contributed by atoms with Crippen molar-refractivity contribution in [2.24, 2.45) is 4.99 Å². The fourth-order valence-corrected chi connectivity index (χ4v) is 3.54. The first-order chi connectivity index (χ1) is 12.7. The lowest BCUT2D eigenvalue weighted by molar-refractivity contribution is 0.184. The van der Waals surface area contributed by atoms with Gasteiger partial charge in [-0.3, -0.25) is 4.98 Å². The van der Waals surface area contributed by atoms with Crippen molar-refractivity contribution in [1.82, 2.24) is 15.6 Å². The van der Waals surface area contributed by atoms with E-state index in [1.807, 2.05) is 37.3 Å². The number of nitrogens with zero attached hydrogens (tertiary/aromatic N) is 2. The largest absolute Gasteiger partial charge is 0.386 e. The highest BCUT2D eigenvalue weighted by Crippen LogP contribution is 2.29. The molecule has 3 rings (SSSR count). The van der Waals surface area contributed by atoms with Gasteiger partial charge in [0.05, 0.1) is 12.2 Å². The first kappa shape index (κ1) is 21.5. The molecule has 1 atom stereocenters. The number of aliphatic hydroxyl groups is 1. The molecular weight excluding hydrogens is 478 g/mol. The number of pyridine rings is 1. The number of aliphatic imine (C=N–C) groups is 1. The van der Waals surface area contributed by atoms with Crippen LogP contribution in [0.5, 0.6) is 0 Å². The zero-order valence-corrected chi connectivity index (χ0v) is 18.0. The van der Waals surface area contributed by atoms with Gasteiger partial charge in [0, 0.05) is 28.9 Å². The molecule has 0 aliphatic carbocycles. The van der Waals surface area contributed by atoms with Gasteiger partial charge in [0.15, 0.2) is 5.96 Å². The summed E-state index contributed by atoms with van der Waals surface area (Å²) >= 11 is 1.57. The summed E-state index contributed by atoms with van der Waals surface area (Å²) in [6.07, 6.45) is 0.891. The molecule has 144 valence electrons. The van der Waals surface area contributed by atoms with E-state index in [2.05, 4.69) is 20.6 Å². The molecule has 0 bridgehead atoms. The van der Waals surface area contributed by atoms with Crippen molar-refractivity contribution < 1.29 is 9.50 Å². The molecule has 1 unspecified atom stereocenters. The topological polar surface area (TPSA) is 69.5 Å². The number of benzene rings is 1. The highest BCUT2D eigenvalue weighted by molar-refractivity contribution is 14.0. The molecule has 27 heavy (non-hydrogen) atoms. The van der Waals surface area contributed by atoms with E-state index in [4.69, 9.17) is 0 Å². The van der Waals surface area contributed by atoms with Gasteiger partial charge in [0.1, 0.15) is 11.9 Å². The number of thiophene rings is 1. The quantitative estimate of drug-likeness (QED) is 0.273. The summed E-state index contributed by atoms with van der Waals surface area (Å²) < 4.78 is 14.8. The Bertz CT molecular complexity index is 869. The Morgan fingerprint density at radius 1 is 1.26 bits per heavy atom. The molecule has 0 fully saturated rings. The minimum Gasteiger partial charge on any atom is -0.386 e. The normalized spacial score (nSPS) is 12.5. The molecule has 3 aromatic rings. The van der Waals surface area contributed by atoms with E-state index in [1.54, 1.807) is 23.6 Å². The Morgan fingerprint density at radius 2 is 2.07 bits per heavy atom. The second kappa shape index (κ2) is 10.5. The van der Waals surface area contributed by atoms with Gasteiger partial charge < -0.3 is 15.7 Å². The first-order valence-electron chi connectivity index (χ1n) is 8.45. The van der Waals surface area contributed by atoms with Gasteiger partial charge in [-0.05, 0) is 36.6 Å². The van der Waals surface area contributed by atoms with Crippen LogP contribution in [0.15, 0.2) is 53.7 Å². The number of nitrogens with one attached hydrogen (secondary N) is 2. The number of hydrogen-bond acceptors (Lipinski definition) is 4. The number of rotatable bonds is 6. The molecule has 8 heteroatoms. The van der Waals surface area contributed by atoms with Gasteiger partial charge in [-0.2, -0.15) is 0 Å². The second-order valence-corrected chi connectivity index (χ2v) is 6.83. The zero-order valence-electron chi connectivity index (χ0n) is 14.9. The van der Waals surface area contributed by atoms with Crippen molar-refractivity contribution in [3.05, 3.63) is 65.0 Å². The number of hydrogen-bond donors (Lipinski definition) is 3. The first-order valence-corrected chi connectivity index (χ1v) is 9.27. The summed E-state index contributed by atoms with van der Waals surface area (Å²) in [5, 5.41) is 17.8. The summed E-state index contributed by atoms with van der Waals surface area (Å²) in [4.78, 5) is 9.22. The minimum absolute atomic E-state index is 0. The van der Waals surface area contributed by atoms with Gasteiger partial charge in [-0.15, -0.1) is 35.3 Å². The number of aromatic nitrogens is 1. The predicted octanol–water partition coefficient (Wildman–Crippen LogP) is 3.84. The predicted molar refractivity (Wildman–Crippen MR) is 119 cm³/mol. The SMILES string of the molecule is CCNC(=NCc1ncccc1F)NCC(O)c1cc2ccccc2s1.I. The molecule has 1 aromatic carbocycles. The lowest BCUT2D eigenvalue weighted by atomic mass is 10.2. The summed E-state index contributed by atoms with van der Waals surface area (Å²) in [5.74, 6) is 0.134. The average molecular weight is 500 g/mol. The molecule has 0 aliphatic rings. The lowest BCUT2D eigenvalue weighted by Gasteiger charge is -2.14. The van der Waals surface area contributed by atoms with E-state index in [9.17, 15) is 9.50 Å². The maximum atomic E-state index is 13.7. The van der Waals surface area contributed by atoms with Crippen molar-refractivity contribution in [1.29, 1.82) is 0 Å². The van der Waals surface area contributed by atoms with Crippen LogP contribution in [0.3, 0.4) is 0 Å². The standard InChI is InChI=1S/C19H21FN4OS.HI/c1-2-21-19(23-11-15-14(20)7-5-9-22-15)24-12-16(25)18-10-13-6-3-4-8-17(13)26-18;/h3-10,16,25H,2,11-12H2,1H3,(H2,21,23,24);1H. The molecule has 5 nitrogen and oxygen atoms in total. The molecule has 0 spiro atoms. The molecule has 0 radical (unpaired) electrons. The third-order valence-electron chi connectivity index (χ3n) is 3.80. The molecule has 2 aromatic heterocycles. The summed E-state index contributed by atoms with van der Waals surface area (Å²) in [5.41, 5.74) is 0.287. The molecule has 0 aliphatic heterocycles. The molecule has 0 saturated heterocycles. The molecule has 3 N–H and O–H groups in total. The molecular formula is C19H22FIN4OS. The van der Waals surface area contributed by atoms with Crippen molar-refractivity contribution in [2.45, 2.75) is 19.6 Å². The number of fused-ring (bicyclic) bond motifs is 1. The number of guanidine groups is 1. The van der Waals surface area contributed by atoms with Crippen LogP contribution in [0.25, 0.3) is 10.1 Å². The Morgan fingerprint density at radius 3 is 2.81 bits per heavy atom.